The summed E-state index contributed by atoms with van der Waals surface area (Å²) in [6.07, 6.45) is 0. The van der Waals surface area contributed by atoms with Gasteiger partial charge in [-0.2, -0.15) is 0 Å². The van der Waals surface area contributed by atoms with Crippen LogP contribution >= 0.6 is 0 Å². The Bertz CT molecular complexity index is 4090. The van der Waals surface area contributed by atoms with Crippen LogP contribution in [-0.2, 0) is 5.41 Å². The molecule has 0 spiro atoms. The molecule has 14 rings (SSSR count). The summed E-state index contributed by atoms with van der Waals surface area (Å²) < 4.78 is 13.4. The number of furan rings is 2. The van der Waals surface area contributed by atoms with E-state index < -0.39 is 5.41 Å². The minimum Gasteiger partial charge on any atom is -0.456 e. The third-order valence-corrected chi connectivity index (χ3v) is 14.0. The molecule has 0 radical (unpaired) electrons. The van der Waals surface area contributed by atoms with E-state index in [9.17, 15) is 0 Å². The van der Waals surface area contributed by atoms with Crippen molar-refractivity contribution in [3.8, 4) is 67.5 Å². The summed E-state index contributed by atoms with van der Waals surface area (Å²) >= 11 is 0. The molecular weight excluding hydrogens is 843 g/mol. The van der Waals surface area contributed by atoms with Crippen LogP contribution in [0.5, 0.6) is 0 Å². The molecule has 5 nitrogen and oxygen atoms in total. The van der Waals surface area contributed by atoms with Gasteiger partial charge in [-0.3, -0.25) is 0 Å². The predicted molar refractivity (Wildman–Crippen MR) is 279 cm³/mol. The second-order valence-electron chi connectivity index (χ2n) is 17.8. The van der Waals surface area contributed by atoms with Crippen molar-refractivity contribution in [3.05, 3.63) is 259 Å². The maximum Gasteiger partial charge on any atom is 0.164 e. The highest BCUT2D eigenvalue weighted by Crippen LogP contribution is 2.56. The van der Waals surface area contributed by atoms with Gasteiger partial charge < -0.3 is 8.83 Å². The Kier molecular flexibility index (Phi) is 8.73. The Morgan fingerprint density at radius 3 is 1.55 bits per heavy atom. The van der Waals surface area contributed by atoms with Gasteiger partial charge in [-0.05, 0) is 80.4 Å². The molecule has 0 aliphatic heterocycles. The molecule has 69 heavy (non-hydrogen) atoms. The van der Waals surface area contributed by atoms with Gasteiger partial charge in [-0.25, -0.2) is 15.0 Å². The summed E-state index contributed by atoms with van der Waals surface area (Å²) in [6.45, 7) is 0. The first-order valence-corrected chi connectivity index (χ1v) is 23.3. The van der Waals surface area contributed by atoms with E-state index in [0.717, 1.165) is 88.4 Å². The molecule has 0 saturated heterocycles. The zero-order valence-electron chi connectivity index (χ0n) is 37.2. The van der Waals surface area contributed by atoms with Crippen molar-refractivity contribution in [1.82, 2.24) is 15.0 Å². The van der Waals surface area contributed by atoms with Crippen molar-refractivity contribution < 1.29 is 8.83 Å². The Hall–Kier alpha value is -9.19. The van der Waals surface area contributed by atoms with E-state index in [2.05, 4.69) is 200 Å². The van der Waals surface area contributed by atoms with Gasteiger partial charge in [0.25, 0.3) is 0 Å². The summed E-state index contributed by atoms with van der Waals surface area (Å²) in [5.41, 5.74) is 17.0. The van der Waals surface area contributed by atoms with Gasteiger partial charge in [0.1, 0.15) is 22.3 Å². The number of para-hydroxylation sites is 1. The van der Waals surface area contributed by atoms with E-state index in [-0.39, 0.29) is 0 Å². The summed E-state index contributed by atoms with van der Waals surface area (Å²) in [6, 6.07) is 83.2. The summed E-state index contributed by atoms with van der Waals surface area (Å²) in [5.74, 6) is 1.73. The lowest BCUT2D eigenvalue weighted by atomic mass is 9.67. The summed E-state index contributed by atoms with van der Waals surface area (Å²) in [4.78, 5) is 15.9. The minimum atomic E-state index is -0.571. The number of nitrogens with zero attached hydrogens (tertiary/aromatic N) is 3. The maximum atomic E-state index is 6.74. The first kappa shape index (κ1) is 39.0. The Balaban J connectivity index is 0.955. The zero-order valence-corrected chi connectivity index (χ0v) is 37.2. The predicted octanol–water partition coefficient (Wildman–Crippen LogP) is 16.4. The SMILES string of the molecule is c1ccc(-c2nc(-c3cccc(C4(c5ccccc5)c5ccccc5-c5ccccc54)c3)nc(-c3cccc4oc5ccc(-c6cccc7c6oc6cccc(-c8ccccc8)c67)cc5c34)n2)cc1. The van der Waals surface area contributed by atoms with Crippen LogP contribution in [0, 0.1) is 0 Å². The topological polar surface area (TPSA) is 65.0 Å². The maximum absolute atomic E-state index is 6.74. The lowest BCUT2D eigenvalue weighted by molar-refractivity contribution is 0.668. The summed E-state index contributed by atoms with van der Waals surface area (Å²) in [5, 5.41) is 4.08. The van der Waals surface area contributed by atoms with Crippen LogP contribution in [-0.4, -0.2) is 15.0 Å². The number of aromatic nitrogens is 3. The first-order chi connectivity index (χ1) is 34.2. The Morgan fingerprint density at radius 1 is 0.290 bits per heavy atom. The van der Waals surface area contributed by atoms with Gasteiger partial charge in [0.15, 0.2) is 17.5 Å². The van der Waals surface area contributed by atoms with Crippen molar-refractivity contribution in [2.45, 2.75) is 5.41 Å². The number of benzene rings is 10. The molecule has 3 aromatic heterocycles. The molecule has 0 amide bonds. The molecule has 5 heteroatoms. The normalized spacial score (nSPS) is 12.8. The van der Waals surface area contributed by atoms with Gasteiger partial charge >= 0.3 is 0 Å². The van der Waals surface area contributed by atoms with Gasteiger partial charge in [-0.15, -0.1) is 0 Å². The van der Waals surface area contributed by atoms with Gasteiger partial charge in [0, 0.05) is 43.8 Å². The lowest BCUT2D eigenvalue weighted by Crippen LogP contribution is -2.28. The second kappa shape index (κ2) is 15.4. The Morgan fingerprint density at radius 2 is 0.812 bits per heavy atom. The first-order valence-electron chi connectivity index (χ1n) is 23.3. The summed E-state index contributed by atoms with van der Waals surface area (Å²) in [7, 11) is 0. The fourth-order valence-corrected chi connectivity index (χ4v) is 11.1. The van der Waals surface area contributed by atoms with Gasteiger partial charge in [-0.1, -0.05) is 206 Å². The standard InChI is InChI=1S/C64H39N3O2/c1-4-18-40(19-5-1)46-28-16-35-57-58(46)50-30-15-29-47(60(50)69-57)42-36-37-55-52(39-42)59-51(31-17-34-56(59)68-55)63-66-61(41-20-6-2-7-21-41)65-62(67-63)43-22-14-25-45(38-43)64(44-23-8-3-9-24-44)53-32-12-10-26-48(53)49-27-11-13-33-54(49)64/h1-39H. The fraction of sp³-hybridized carbons (Fsp3) is 0.0156. The number of hydrogen-bond acceptors (Lipinski definition) is 5. The molecule has 0 fully saturated rings. The molecule has 0 saturated carbocycles. The molecule has 0 unspecified atom stereocenters. The van der Waals surface area contributed by atoms with Crippen LogP contribution in [0.4, 0.5) is 0 Å². The molecule has 10 aromatic carbocycles. The molecule has 1 aliphatic carbocycles. The van der Waals surface area contributed by atoms with Crippen molar-refractivity contribution in [3.63, 3.8) is 0 Å². The van der Waals surface area contributed by atoms with E-state index in [1.165, 1.54) is 27.8 Å². The zero-order chi connectivity index (χ0) is 45.5. The third kappa shape index (κ3) is 6.00. The lowest BCUT2D eigenvalue weighted by Gasteiger charge is -2.34. The van der Waals surface area contributed by atoms with Crippen LogP contribution < -0.4 is 0 Å². The van der Waals surface area contributed by atoms with E-state index in [1.807, 2.05) is 36.4 Å². The van der Waals surface area contributed by atoms with E-state index in [1.54, 1.807) is 0 Å². The minimum absolute atomic E-state index is 0.560. The molecule has 0 N–H and O–H groups in total. The number of fused-ring (bicyclic) bond motifs is 9. The van der Waals surface area contributed by atoms with Crippen LogP contribution in [0.2, 0.25) is 0 Å². The van der Waals surface area contributed by atoms with Crippen molar-refractivity contribution >= 4 is 43.9 Å². The average Bonchev–Trinajstić information content (AvgIpc) is 4.10. The van der Waals surface area contributed by atoms with Crippen molar-refractivity contribution in [1.29, 1.82) is 0 Å². The van der Waals surface area contributed by atoms with Crippen LogP contribution in [0.3, 0.4) is 0 Å². The molecule has 1 aliphatic rings. The smallest absolute Gasteiger partial charge is 0.164 e. The fourth-order valence-electron chi connectivity index (χ4n) is 11.1. The van der Waals surface area contributed by atoms with E-state index in [4.69, 9.17) is 23.8 Å². The second-order valence-corrected chi connectivity index (χ2v) is 17.8. The highest BCUT2D eigenvalue weighted by Gasteiger charge is 2.46. The quantitative estimate of drug-likeness (QED) is 0.160. The largest absolute Gasteiger partial charge is 0.456 e. The number of hydrogen-bond donors (Lipinski definition) is 0. The van der Waals surface area contributed by atoms with Crippen molar-refractivity contribution in [2.75, 3.05) is 0 Å². The van der Waals surface area contributed by atoms with Crippen LogP contribution in [0.25, 0.3) is 111 Å². The number of rotatable bonds is 7. The van der Waals surface area contributed by atoms with E-state index in [0.29, 0.717) is 17.5 Å². The molecular formula is C64H39N3O2. The molecule has 0 bridgehead atoms. The molecule has 3 heterocycles. The molecule has 322 valence electrons. The monoisotopic (exact) mass is 881 g/mol. The third-order valence-electron chi connectivity index (χ3n) is 14.0. The average molecular weight is 882 g/mol. The van der Waals surface area contributed by atoms with E-state index >= 15 is 0 Å². The molecule has 13 aromatic rings. The van der Waals surface area contributed by atoms with Crippen LogP contribution in [0.1, 0.15) is 22.3 Å². The van der Waals surface area contributed by atoms with Crippen molar-refractivity contribution in [2.24, 2.45) is 0 Å². The highest BCUT2D eigenvalue weighted by molar-refractivity contribution is 6.17. The molecule has 0 atom stereocenters. The van der Waals surface area contributed by atoms with Gasteiger partial charge in [0.2, 0.25) is 0 Å². The Labute approximate surface area is 397 Å². The van der Waals surface area contributed by atoms with Crippen LogP contribution in [0.15, 0.2) is 245 Å². The van der Waals surface area contributed by atoms with Gasteiger partial charge in [0.05, 0.1) is 5.41 Å². The highest BCUT2D eigenvalue weighted by atomic mass is 16.3.